The molecular formula is C34H42N4O5S. The smallest absolute Gasteiger partial charge is 0.335 e. The van der Waals surface area contributed by atoms with Crippen LogP contribution >= 0.6 is 0 Å². The van der Waals surface area contributed by atoms with Gasteiger partial charge in [-0.15, -0.1) is 0 Å². The van der Waals surface area contributed by atoms with Gasteiger partial charge in [0.15, 0.2) is 0 Å². The van der Waals surface area contributed by atoms with E-state index in [0.29, 0.717) is 11.3 Å². The van der Waals surface area contributed by atoms with E-state index in [1.54, 1.807) is 54.6 Å². The number of rotatable bonds is 14. The fourth-order valence-electron chi connectivity index (χ4n) is 5.80. The highest BCUT2D eigenvalue weighted by atomic mass is 32.2. The van der Waals surface area contributed by atoms with Crippen molar-refractivity contribution in [1.82, 2.24) is 14.8 Å². The third kappa shape index (κ3) is 7.87. The minimum absolute atomic E-state index is 0.173. The van der Waals surface area contributed by atoms with Crippen molar-refractivity contribution >= 4 is 32.6 Å². The van der Waals surface area contributed by atoms with E-state index >= 15 is 0 Å². The molecule has 1 unspecified atom stereocenters. The number of sulfonamides is 1. The van der Waals surface area contributed by atoms with Crippen molar-refractivity contribution in [3.63, 3.8) is 0 Å². The third-order valence-corrected chi connectivity index (χ3v) is 9.83. The largest absolute Gasteiger partial charge is 0.478 e. The average Bonchev–Trinajstić information content (AvgIpc) is 3.65. The number of aliphatic hydroxyl groups excluding tert-OH is 1. The van der Waals surface area contributed by atoms with Gasteiger partial charge in [-0.05, 0) is 100 Å². The molecule has 1 aliphatic rings. The molecule has 0 saturated carbocycles. The van der Waals surface area contributed by atoms with Gasteiger partial charge in [0, 0.05) is 53.9 Å². The topological polar surface area (TPSA) is 124 Å². The normalized spacial score (nSPS) is 15.1. The maximum atomic E-state index is 12.8. The number of benzene rings is 3. The van der Waals surface area contributed by atoms with Crippen LogP contribution in [-0.4, -0.2) is 65.8 Å². The number of carbonyl (C=O) groups is 1. The van der Waals surface area contributed by atoms with Crippen LogP contribution in [0.4, 0.5) is 5.69 Å². The van der Waals surface area contributed by atoms with Crippen LogP contribution in [0.25, 0.3) is 10.9 Å². The molecule has 0 bridgehead atoms. The van der Waals surface area contributed by atoms with Crippen LogP contribution in [0.3, 0.4) is 0 Å². The maximum Gasteiger partial charge on any atom is 0.335 e. The molecule has 0 amide bonds. The highest BCUT2D eigenvalue weighted by molar-refractivity contribution is 7.92. The van der Waals surface area contributed by atoms with Crippen molar-refractivity contribution in [3.05, 3.63) is 95.7 Å². The van der Waals surface area contributed by atoms with Crippen molar-refractivity contribution < 1.29 is 23.4 Å². The Balaban J connectivity index is 1.23. The molecule has 4 N–H and O–H groups in total. The number of aromatic nitrogens is 1. The summed E-state index contributed by atoms with van der Waals surface area (Å²) in [5.74, 6) is -0.929. The van der Waals surface area contributed by atoms with Gasteiger partial charge in [0.25, 0.3) is 10.0 Å². The number of likely N-dealkylation sites (tertiary alicyclic amines) is 1. The SMILES string of the molecule is CC(C)(CCn1c(CCN2CCCC2)cc2cc(C(=O)O)ccc21)NCC(O)c1cccc(NS(=O)(=O)c2ccccc2)c1. The number of aryl methyl sites for hydroxylation is 1. The number of nitrogens with one attached hydrogen (secondary N) is 2. The summed E-state index contributed by atoms with van der Waals surface area (Å²) in [5, 5.41) is 24.9. The molecule has 4 aromatic rings. The number of anilines is 1. The highest BCUT2D eigenvalue weighted by Gasteiger charge is 2.22. The summed E-state index contributed by atoms with van der Waals surface area (Å²) < 4.78 is 30.4. The molecule has 5 rings (SSSR count). The van der Waals surface area contributed by atoms with Crippen molar-refractivity contribution in [2.24, 2.45) is 0 Å². The van der Waals surface area contributed by atoms with Gasteiger partial charge in [0.05, 0.1) is 16.6 Å². The summed E-state index contributed by atoms with van der Waals surface area (Å²) in [4.78, 5) is 14.2. The molecule has 10 heteroatoms. The molecule has 0 radical (unpaired) electrons. The average molecular weight is 619 g/mol. The monoisotopic (exact) mass is 618 g/mol. The number of carboxylic acids is 1. The summed E-state index contributed by atoms with van der Waals surface area (Å²) in [6.07, 6.45) is 3.31. The first-order valence-corrected chi connectivity index (χ1v) is 16.7. The Bertz CT molecular complexity index is 1700. The standard InChI is InChI=1S/C34H42N4O5S/c1-34(2,35-24-32(39)25-9-8-10-28(22-25)36-44(42,43)30-11-4-3-5-12-30)16-20-38-29(15-19-37-17-6-7-18-37)23-27-21-26(33(40)41)13-14-31(27)38/h3-5,8-14,21-23,32,35-36,39H,6-7,15-20,24H2,1-2H3,(H,40,41). The molecule has 9 nitrogen and oxygen atoms in total. The molecule has 0 spiro atoms. The van der Waals surface area contributed by atoms with E-state index in [4.69, 9.17) is 0 Å². The van der Waals surface area contributed by atoms with E-state index in [9.17, 15) is 23.4 Å². The molecule has 2 heterocycles. The lowest BCUT2D eigenvalue weighted by atomic mass is 9.99. The number of hydrogen-bond donors (Lipinski definition) is 4. The molecule has 234 valence electrons. The Morgan fingerprint density at radius 2 is 1.70 bits per heavy atom. The Morgan fingerprint density at radius 1 is 0.955 bits per heavy atom. The van der Waals surface area contributed by atoms with Crippen LogP contribution in [0, 0.1) is 0 Å². The summed E-state index contributed by atoms with van der Waals surface area (Å²) in [6, 6.07) is 22.4. The first-order valence-electron chi connectivity index (χ1n) is 15.2. The fourth-order valence-corrected chi connectivity index (χ4v) is 6.88. The minimum atomic E-state index is -3.74. The second kappa shape index (κ2) is 13.5. The predicted molar refractivity (Wildman–Crippen MR) is 174 cm³/mol. The molecule has 1 saturated heterocycles. The van der Waals surface area contributed by atoms with Crippen LogP contribution in [-0.2, 0) is 23.0 Å². The van der Waals surface area contributed by atoms with Gasteiger partial charge in [-0.3, -0.25) is 4.72 Å². The van der Waals surface area contributed by atoms with E-state index in [0.717, 1.165) is 49.9 Å². The van der Waals surface area contributed by atoms with Gasteiger partial charge in [-0.1, -0.05) is 30.3 Å². The molecule has 1 aromatic heterocycles. The van der Waals surface area contributed by atoms with Crippen molar-refractivity contribution in [1.29, 1.82) is 0 Å². The van der Waals surface area contributed by atoms with E-state index in [2.05, 4.69) is 39.4 Å². The summed E-state index contributed by atoms with van der Waals surface area (Å²) >= 11 is 0. The van der Waals surface area contributed by atoms with Gasteiger partial charge in [0.1, 0.15) is 0 Å². The van der Waals surface area contributed by atoms with Crippen LogP contribution in [0.2, 0.25) is 0 Å². The molecule has 1 fully saturated rings. The first kappa shape index (κ1) is 31.7. The zero-order chi connectivity index (χ0) is 31.3. The van der Waals surface area contributed by atoms with Crippen molar-refractivity contribution in [2.45, 2.75) is 62.6 Å². The summed E-state index contributed by atoms with van der Waals surface area (Å²) in [6.45, 7) is 8.46. The van der Waals surface area contributed by atoms with Crippen molar-refractivity contribution in [3.8, 4) is 0 Å². The molecule has 3 aromatic carbocycles. The quantitative estimate of drug-likeness (QED) is 0.152. The summed E-state index contributed by atoms with van der Waals surface area (Å²) in [7, 11) is -3.74. The molecule has 1 atom stereocenters. The van der Waals surface area contributed by atoms with Gasteiger partial charge < -0.3 is 25.0 Å². The van der Waals surface area contributed by atoms with E-state index in [1.807, 2.05) is 6.07 Å². The van der Waals surface area contributed by atoms with Gasteiger partial charge >= 0.3 is 5.97 Å². The zero-order valence-electron chi connectivity index (χ0n) is 25.4. The number of nitrogens with zero attached hydrogens (tertiary/aromatic N) is 2. The molecule has 0 aliphatic carbocycles. The number of aromatic carboxylic acids is 1. The lowest BCUT2D eigenvalue weighted by Gasteiger charge is -2.29. The third-order valence-electron chi connectivity index (χ3n) is 8.43. The van der Waals surface area contributed by atoms with Crippen LogP contribution in [0.15, 0.2) is 83.8 Å². The van der Waals surface area contributed by atoms with E-state index in [-0.39, 0.29) is 22.5 Å². The Morgan fingerprint density at radius 3 is 2.43 bits per heavy atom. The molecule has 44 heavy (non-hydrogen) atoms. The highest BCUT2D eigenvalue weighted by Crippen LogP contribution is 2.26. The lowest BCUT2D eigenvalue weighted by Crippen LogP contribution is -2.42. The predicted octanol–water partition coefficient (Wildman–Crippen LogP) is 5.27. The second-order valence-corrected chi connectivity index (χ2v) is 13.9. The zero-order valence-corrected chi connectivity index (χ0v) is 26.2. The van der Waals surface area contributed by atoms with Gasteiger partial charge in [-0.2, -0.15) is 0 Å². The van der Waals surface area contributed by atoms with Crippen molar-refractivity contribution in [2.75, 3.05) is 30.9 Å². The van der Waals surface area contributed by atoms with Gasteiger partial charge in [-0.25, -0.2) is 13.2 Å². The van der Waals surface area contributed by atoms with E-state index < -0.39 is 22.1 Å². The fraction of sp³-hybridized carbons (Fsp3) is 0.382. The Kier molecular flexibility index (Phi) is 9.75. The molecular weight excluding hydrogens is 576 g/mol. The lowest BCUT2D eigenvalue weighted by molar-refractivity contribution is 0.0697. The number of hydrogen-bond acceptors (Lipinski definition) is 6. The number of β-amino-alcohol motifs (C(OH)–C–C–N with tert-alkyl or cyclic N) is 1. The maximum absolute atomic E-state index is 12.8. The van der Waals surface area contributed by atoms with Gasteiger partial charge in [0.2, 0.25) is 0 Å². The Hall–Kier alpha value is -3.70. The number of aliphatic hydroxyl groups is 1. The van der Waals surface area contributed by atoms with Crippen LogP contribution in [0.1, 0.15) is 60.8 Å². The second-order valence-electron chi connectivity index (χ2n) is 12.2. The Labute approximate surface area is 259 Å². The number of fused-ring (bicyclic) bond motifs is 1. The van der Waals surface area contributed by atoms with E-state index in [1.165, 1.54) is 30.7 Å². The van der Waals surface area contributed by atoms with Crippen LogP contribution in [0.5, 0.6) is 0 Å². The molecule has 1 aliphatic heterocycles. The first-order chi connectivity index (χ1) is 21.0. The summed E-state index contributed by atoms with van der Waals surface area (Å²) in [5.41, 5.74) is 3.18. The minimum Gasteiger partial charge on any atom is -0.478 e. The van der Waals surface area contributed by atoms with Crippen LogP contribution < -0.4 is 10.0 Å². The number of carboxylic acid groups (broad SMARTS) is 1.